The predicted molar refractivity (Wildman–Crippen MR) is 117 cm³/mol. The van der Waals surface area contributed by atoms with E-state index in [1.807, 2.05) is 35.9 Å². The number of hydrogen-bond donors (Lipinski definition) is 1. The Morgan fingerprint density at radius 3 is 2.48 bits per heavy atom. The maximum absolute atomic E-state index is 12.2. The normalized spacial score (nSPS) is 10.8. The molecule has 1 aromatic heterocycles. The van der Waals surface area contributed by atoms with Crippen LogP contribution in [0.15, 0.2) is 47.6 Å². The van der Waals surface area contributed by atoms with E-state index in [0.717, 1.165) is 12.2 Å². The van der Waals surface area contributed by atoms with Crippen LogP contribution >= 0.6 is 35.0 Å². The van der Waals surface area contributed by atoms with Crippen LogP contribution in [-0.2, 0) is 24.9 Å². The summed E-state index contributed by atoms with van der Waals surface area (Å²) in [6, 6.07) is 12.9. The highest BCUT2D eigenvalue weighted by atomic mass is 35.5. The van der Waals surface area contributed by atoms with Gasteiger partial charge in [0.1, 0.15) is 12.4 Å². The van der Waals surface area contributed by atoms with Crippen molar-refractivity contribution in [2.24, 2.45) is 7.05 Å². The number of anilines is 1. The standard InChI is InChI=1S/C20H20Cl2N4O2S/c1-3-13-4-6-17(7-5-13)28-11-18-24-25-20(26(18)2)29-12-19(27)23-16-9-14(21)8-15(22)10-16/h4-10H,3,11-12H2,1-2H3,(H,23,27). The summed E-state index contributed by atoms with van der Waals surface area (Å²) in [7, 11) is 1.84. The van der Waals surface area contributed by atoms with Crippen molar-refractivity contribution in [3.8, 4) is 5.75 Å². The summed E-state index contributed by atoms with van der Waals surface area (Å²) in [5, 5.41) is 12.6. The molecule has 0 aliphatic carbocycles. The summed E-state index contributed by atoms with van der Waals surface area (Å²) in [4.78, 5) is 12.2. The van der Waals surface area contributed by atoms with E-state index in [1.165, 1.54) is 17.3 Å². The van der Waals surface area contributed by atoms with Gasteiger partial charge in [-0.25, -0.2) is 0 Å². The van der Waals surface area contributed by atoms with Gasteiger partial charge in [-0.15, -0.1) is 10.2 Å². The number of amides is 1. The molecule has 6 nitrogen and oxygen atoms in total. The van der Waals surface area contributed by atoms with Gasteiger partial charge in [-0.05, 0) is 42.3 Å². The molecule has 0 aliphatic rings. The number of aryl methyl sites for hydroxylation is 1. The second-order valence-corrected chi connectivity index (χ2v) is 8.05. The van der Waals surface area contributed by atoms with E-state index in [4.69, 9.17) is 27.9 Å². The van der Waals surface area contributed by atoms with Crippen molar-refractivity contribution in [2.75, 3.05) is 11.1 Å². The first-order valence-corrected chi connectivity index (χ1v) is 10.7. The zero-order chi connectivity index (χ0) is 20.8. The van der Waals surface area contributed by atoms with Gasteiger partial charge in [0.15, 0.2) is 11.0 Å². The predicted octanol–water partition coefficient (Wildman–Crippen LogP) is 4.99. The van der Waals surface area contributed by atoms with Crippen LogP contribution < -0.4 is 10.1 Å². The zero-order valence-corrected chi connectivity index (χ0v) is 18.3. The second kappa shape index (κ2) is 10.0. The van der Waals surface area contributed by atoms with Crippen LogP contribution in [0.2, 0.25) is 10.0 Å². The number of carbonyl (C=O) groups is 1. The molecule has 0 bridgehead atoms. The lowest BCUT2D eigenvalue weighted by molar-refractivity contribution is -0.113. The molecule has 0 atom stereocenters. The van der Waals surface area contributed by atoms with Crippen LogP contribution in [0.4, 0.5) is 5.69 Å². The van der Waals surface area contributed by atoms with E-state index < -0.39 is 0 Å². The van der Waals surface area contributed by atoms with Gasteiger partial charge in [0.05, 0.1) is 5.75 Å². The molecule has 152 valence electrons. The Bertz CT molecular complexity index is 972. The number of thioether (sulfide) groups is 1. The third-order valence-corrected chi connectivity index (χ3v) is 5.56. The Morgan fingerprint density at radius 1 is 1.14 bits per heavy atom. The molecular formula is C20H20Cl2N4O2S. The third-order valence-electron chi connectivity index (χ3n) is 4.10. The van der Waals surface area contributed by atoms with Crippen LogP contribution in [0.3, 0.4) is 0 Å². The van der Waals surface area contributed by atoms with Crippen LogP contribution in [0.25, 0.3) is 0 Å². The molecule has 9 heteroatoms. The van der Waals surface area contributed by atoms with Gasteiger partial charge in [0.2, 0.25) is 5.91 Å². The average molecular weight is 451 g/mol. The summed E-state index contributed by atoms with van der Waals surface area (Å²) in [5.74, 6) is 1.44. The van der Waals surface area contributed by atoms with Crippen molar-refractivity contribution in [2.45, 2.75) is 25.1 Å². The van der Waals surface area contributed by atoms with E-state index in [9.17, 15) is 4.79 Å². The first kappa shape index (κ1) is 21.5. The van der Waals surface area contributed by atoms with Gasteiger partial charge in [0, 0.05) is 22.8 Å². The number of benzene rings is 2. The molecule has 0 unspecified atom stereocenters. The van der Waals surface area contributed by atoms with Gasteiger partial charge in [-0.2, -0.15) is 0 Å². The lowest BCUT2D eigenvalue weighted by atomic mass is 10.2. The van der Waals surface area contributed by atoms with Crippen LogP contribution in [0, 0.1) is 0 Å². The van der Waals surface area contributed by atoms with Crippen molar-refractivity contribution in [1.82, 2.24) is 14.8 Å². The smallest absolute Gasteiger partial charge is 0.234 e. The Labute approximate surface area is 183 Å². The molecule has 0 spiro atoms. The van der Waals surface area contributed by atoms with E-state index in [-0.39, 0.29) is 11.7 Å². The molecule has 0 fully saturated rings. The Balaban J connectivity index is 1.52. The minimum atomic E-state index is -0.190. The zero-order valence-electron chi connectivity index (χ0n) is 16.0. The van der Waals surface area contributed by atoms with Gasteiger partial charge >= 0.3 is 0 Å². The topological polar surface area (TPSA) is 69.0 Å². The van der Waals surface area contributed by atoms with E-state index in [0.29, 0.717) is 33.3 Å². The Kier molecular flexibility index (Phi) is 7.41. The van der Waals surface area contributed by atoms with Crippen LogP contribution in [0.5, 0.6) is 5.75 Å². The lowest BCUT2D eigenvalue weighted by Gasteiger charge is -2.08. The van der Waals surface area contributed by atoms with Crippen molar-refractivity contribution in [1.29, 1.82) is 0 Å². The molecule has 1 N–H and O–H groups in total. The highest BCUT2D eigenvalue weighted by Gasteiger charge is 2.12. The van der Waals surface area contributed by atoms with Crippen molar-refractivity contribution < 1.29 is 9.53 Å². The molecule has 0 saturated heterocycles. The monoisotopic (exact) mass is 450 g/mol. The highest BCUT2D eigenvalue weighted by Crippen LogP contribution is 2.23. The van der Waals surface area contributed by atoms with E-state index in [2.05, 4.69) is 22.4 Å². The summed E-state index contributed by atoms with van der Waals surface area (Å²) < 4.78 is 7.59. The molecule has 1 heterocycles. The van der Waals surface area contributed by atoms with Gasteiger partial charge in [0.25, 0.3) is 0 Å². The molecule has 0 aliphatic heterocycles. The number of ether oxygens (including phenoxy) is 1. The van der Waals surface area contributed by atoms with Crippen molar-refractivity contribution >= 4 is 46.6 Å². The van der Waals surface area contributed by atoms with Gasteiger partial charge < -0.3 is 14.6 Å². The summed E-state index contributed by atoms with van der Waals surface area (Å²) in [5.41, 5.74) is 1.81. The number of carbonyl (C=O) groups excluding carboxylic acids is 1. The van der Waals surface area contributed by atoms with Crippen molar-refractivity contribution in [3.05, 3.63) is 63.9 Å². The largest absolute Gasteiger partial charge is 0.486 e. The molecule has 2 aromatic carbocycles. The first-order chi connectivity index (χ1) is 13.9. The molecule has 3 aromatic rings. The SMILES string of the molecule is CCc1ccc(OCc2nnc(SCC(=O)Nc3cc(Cl)cc(Cl)c3)n2C)cc1. The Morgan fingerprint density at radius 2 is 1.83 bits per heavy atom. The number of hydrogen-bond acceptors (Lipinski definition) is 5. The van der Waals surface area contributed by atoms with Gasteiger partial charge in [-0.3, -0.25) is 4.79 Å². The quantitative estimate of drug-likeness (QED) is 0.489. The number of halogens is 2. The summed E-state index contributed by atoms with van der Waals surface area (Å²) in [6.45, 7) is 2.40. The van der Waals surface area contributed by atoms with Crippen molar-refractivity contribution in [3.63, 3.8) is 0 Å². The molecule has 3 rings (SSSR count). The summed E-state index contributed by atoms with van der Waals surface area (Å²) >= 11 is 13.2. The van der Waals surface area contributed by atoms with Gasteiger partial charge in [-0.1, -0.05) is 54.0 Å². The minimum Gasteiger partial charge on any atom is -0.486 e. The number of nitrogens with one attached hydrogen (secondary N) is 1. The maximum Gasteiger partial charge on any atom is 0.234 e. The van der Waals surface area contributed by atoms with Crippen LogP contribution in [-0.4, -0.2) is 26.4 Å². The number of rotatable bonds is 8. The number of aromatic nitrogens is 3. The average Bonchev–Trinajstić information content (AvgIpc) is 3.04. The van der Waals surface area contributed by atoms with E-state index >= 15 is 0 Å². The van der Waals surface area contributed by atoms with E-state index in [1.54, 1.807) is 18.2 Å². The Hall–Kier alpha value is -2.22. The molecule has 1 amide bonds. The molecule has 0 radical (unpaired) electrons. The second-order valence-electron chi connectivity index (χ2n) is 6.24. The lowest BCUT2D eigenvalue weighted by Crippen LogP contribution is -2.14. The molecular weight excluding hydrogens is 431 g/mol. The molecule has 0 saturated carbocycles. The van der Waals surface area contributed by atoms with Crippen LogP contribution in [0.1, 0.15) is 18.3 Å². The minimum absolute atomic E-state index is 0.176. The summed E-state index contributed by atoms with van der Waals surface area (Å²) in [6.07, 6.45) is 0.988. The third kappa shape index (κ3) is 6.13. The fraction of sp³-hybridized carbons (Fsp3) is 0.250. The fourth-order valence-corrected chi connectivity index (χ4v) is 3.77. The fourth-order valence-electron chi connectivity index (χ4n) is 2.52. The number of nitrogens with zero attached hydrogens (tertiary/aromatic N) is 3. The first-order valence-electron chi connectivity index (χ1n) is 8.93. The molecule has 29 heavy (non-hydrogen) atoms. The maximum atomic E-state index is 12.2. The highest BCUT2D eigenvalue weighted by molar-refractivity contribution is 7.99.